The molecule has 0 aliphatic heterocycles. The van der Waals surface area contributed by atoms with Gasteiger partial charge < -0.3 is 9.84 Å². The van der Waals surface area contributed by atoms with Gasteiger partial charge in [-0.15, -0.1) is 5.10 Å². The monoisotopic (exact) mass is 329 g/mol. The van der Waals surface area contributed by atoms with Crippen molar-refractivity contribution in [3.05, 3.63) is 35.1 Å². The fraction of sp³-hybridized carbons (Fsp3) is 0.385. The molecule has 0 unspecified atom stereocenters. The van der Waals surface area contributed by atoms with Crippen LogP contribution in [0.15, 0.2) is 29.7 Å². The van der Waals surface area contributed by atoms with E-state index >= 15 is 0 Å². The topological polar surface area (TPSA) is 77.2 Å². The zero-order valence-corrected chi connectivity index (χ0v) is 13.3. The lowest BCUT2D eigenvalue weighted by molar-refractivity contribution is 0.0890. The third kappa shape index (κ3) is 4.52. The van der Waals surface area contributed by atoms with E-state index < -0.39 is 16.9 Å². The first-order valence-electron chi connectivity index (χ1n) is 6.25. The summed E-state index contributed by atoms with van der Waals surface area (Å²) in [5.74, 6) is 0.532. The standard InChI is InChI=1S/C13H16ClN3O3S/c1-9-3-4-11(14)12(5-9)20-7-10(18)6-17-8-15-13(16-17)21(2)19/h3-5,8,10,18H,6-7H2,1-2H3/t10-,21-/m1/s1. The average molecular weight is 330 g/mol. The van der Waals surface area contributed by atoms with Crippen molar-refractivity contribution in [2.45, 2.75) is 24.7 Å². The molecule has 0 saturated heterocycles. The van der Waals surface area contributed by atoms with Crippen LogP contribution in [0.3, 0.4) is 0 Å². The number of hydrogen-bond donors (Lipinski definition) is 1. The van der Waals surface area contributed by atoms with Crippen LogP contribution in [0.4, 0.5) is 0 Å². The summed E-state index contributed by atoms with van der Waals surface area (Å²) in [6.45, 7) is 2.21. The number of ether oxygens (including phenoxy) is 1. The van der Waals surface area contributed by atoms with Gasteiger partial charge in [-0.1, -0.05) is 17.7 Å². The molecule has 114 valence electrons. The number of aliphatic hydroxyl groups excluding tert-OH is 1. The van der Waals surface area contributed by atoms with Crippen LogP contribution in [0.1, 0.15) is 5.56 Å². The third-order valence-corrected chi connectivity index (χ3v) is 3.70. The Morgan fingerprint density at radius 1 is 1.52 bits per heavy atom. The zero-order chi connectivity index (χ0) is 15.4. The molecule has 0 aliphatic carbocycles. The van der Waals surface area contributed by atoms with Crippen LogP contribution >= 0.6 is 11.6 Å². The predicted octanol–water partition coefficient (Wildman–Crippen LogP) is 1.42. The van der Waals surface area contributed by atoms with Gasteiger partial charge in [0.05, 0.1) is 22.4 Å². The Kier molecular flexibility index (Phi) is 5.33. The van der Waals surface area contributed by atoms with Gasteiger partial charge in [0.1, 0.15) is 24.8 Å². The van der Waals surface area contributed by atoms with E-state index in [2.05, 4.69) is 10.1 Å². The third-order valence-electron chi connectivity index (χ3n) is 2.69. The van der Waals surface area contributed by atoms with Crippen molar-refractivity contribution < 1.29 is 14.1 Å². The minimum atomic E-state index is -1.24. The Bertz CT molecular complexity index is 647. The van der Waals surface area contributed by atoms with Crippen molar-refractivity contribution in [2.24, 2.45) is 0 Å². The maximum atomic E-state index is 11.2. The van der Waals surface area contributed by atoms with Gasteiger partial charge >= 0.3 is 0 Å². The second kappa shape index (κ2) is 7.02. The van der Waals surface area contributed by atoms with Crippen molar-refractivity contribution >= 4 is 22.4 Å². The highest BCUT2D eigenvalue weighted by Crippen LogP contribution is 2.25. The number of nitrogens with zero attached hydrogens (tertiary/aromatic N) is 3. The largest absolute Gasteiger partial charge is 0.489 e. The van der Waals surface area contributed by atoms with Crippen molar-refractivity contribution in [3.8, 4) is 5.75 Å². The van der Waals surface area contributed by atoms with Gasteiger partial charge in [0.15, 0.2) is 0 Å². The maximum absolute atomic E-state index is 11.2. The molecule has 2 atom stereocenters. The number of aromatic nitrogens is 3. The Morgan fingerprint density at radius 2 is 2.29 bits per heavy atom. The van der Waals surface area contributed by atoms with Gasteiger partial charge in [0.25, 0.3) is 0 Å². The molecule has 8 heteroatoms. The van der Waals surface area contributed by atoms with Crippen LogP contribution in [0.5, 0.6) is 5.75 Å². The van der Waals surface area contributed by atoms with E-state index in [0.29, 0.717) is 10.8 Å². The minimum absolute atomic E-state index is 0.0770. The van der Waals surface area contributed by atoms with E-state index in [4.69, 9.17) is 16.3 Å². The Hall–Kier alpha value is -1.44. The molecule has 1 N–H and O–H groups in total. The molecule has 1 aromatic heterocycles. The van der Waals surface area contributed by atoms with E-state index in [1.165, 1.54) is 17.3 Å². The summed E-state index contributed by atoms with van der Waals surface area (Å²) >= 11 is 6.01. The van der Waals surface area contributed by atoms with E-state index in [1.807, 2.05) is 19.1 Å². The molecule has 0 saturated carbocycles. The van der Waals surface area contributed by atoms with E-state index in [0.717, 1.165) is 5.56 Å². The molecule has 0 amide bonds. The first-order valence-corrected chi connectivity index (χ1v) is 8.19. The van der Waals surface area contributed by atoms with E-state index in [-0.39, 0.29) is 18.3 Å². The normalized spacial score (nSPS) is 13.9. The van der Waals surface area contributed by atoms with Crippen LogP contribution in [0, 0.1) is 6.92 Å². The summed E-state index contributed by atoms with van der Waals surface area (Å²) in [5.41, 5.74) is 1.02. The van der Waals surface area contributed by atoms with Crippen molar-refractivity contribution in [1.82, 2.24) is 14.8 Å². The smallest absolute Gasteiger partial charge is 0.238 e. The van der Waals surface area contributed by atoms with Crippen LogP contribution < -0.4 is 4.74 Å². The van der Waals surface area contributed by atoms with Crippen molar-refractivity contribution in [1.29, 1.82) is 0 Å². The lowest BCUT2D eigenvalue weighted by atomic mass is 10.2. The Labute approximate surface area is 130 Å². The molecule has 0 spiro atoms. The molecule has 1 aromatic carbocycles. The number of aliphatic hydroxyl groups is 1. The highest BCUT2D eigenvalue weighted by atomic mass is 35.5. The molecule has 6 nitrogen and oxygen atoms in total. The van der Waals surface area contributed by atoms with Gasteiger partial charge in [-0.2, -0.15) is 0 Å². The molecule has 0 fully saturated rings. The van der Waals surface area contributed by atoms with Crippen molar-refractivity contribution in [3.63, 3.8) is 0 Å². The lowest BCUT2D eigenvalue weighted by Gasteiger charge is -2.13. The summed E-state index contributed by atoms with van der Waals surface area (Å²) in [6.07, 6.45) is 2.15. The predicted molar refractivity (Wildman–Crippen MR) is 80.0 cm³/mol. The lowest BCUT2D eigenvalue weighted by Crippen LogP contribution is -2.24. The SMILES string of the molecule is Cc1ccc(Cl)c(OC[C@H](O)Cn2cnc([S@@](C)=O)n2)c1. The zero-order valence-electron chi connectivity index (χ0n) is 11.7. The highest BCUT2D eigenvalue weighted by Gasteiger charge is 2.11. The molecule has 0 aliphatic rings. The van der Waals surface area contributed by atoms with Gasteiger partial charge in [0.2, 0.25) is 5.16 Å². The van der Waals surface area contributed by atoms with Crippen LogP contribution in [0.2, 0.25) is 5.02 Å². The van der Waals surface area contributed by atoms with Crippen LogP contribution in [-0.4, -0.2) is 43.0 Å². The molecule has 0 bridgehead atoms. The van der Waals surface area contributed by atoms with Gasteiger partial charge in [0, 0.05) is 6.26 Å². The number of hydrogen-bond acceptors (Lipinski definition) is 5. The molecular formula is C13H16ClN3O3S. The molecule has 2 aromatic rings. The number of aryl methyl sites for hydroxylation is 1. The van der Waals surface area contributed by atoms with Crippen LogP contribution in [-0.2, 0) is 17.3 Å². The molecule has 0 radical (unpaired) electrons. The summed E-state index contributed by atoms with van der Waals surface area (Å²) in [4.78, 5) is 3.89. The Morgan fingerprint density at radius 3 is 2.95 bits per heavy atom. The fourth-order valence-corrected chi connectivity index (χ4v) is 2.26. The molecule has 2 rings (SSSR count). The number of benzene rings is 1. The fourth-order valence-electron chi connectivity index (χ4n) is 1.67. The summed E-state index contributed by atoms with van der Waals surface area (Å²) < 4.78 is 18.1. The van der Waals surface area contributed by atoms with Gasteiger partial charge in [-0.05, 0) is 24.6 Å². The first-order chi connectivity index (χ1) is 9.95. The second-order valence-corrected chi connectivity index (χ2v) is 6.28. The van der Waals surface area contributed by atoms with E-state index in [1.54, 1.807) is 6.07 Å². The minimum Gasteiger partial charge on any atom is -0.489 e. The average Bonchev–Trinajstić information content (AvgIpc) is 2.88. The van der Waals surface area contributed by atoms with Gasteiger partial charge in [-0.25, -0.2) is 9.67 Å². The highest BCUT2D eigenvalue weighted by molar-refractivity contribution is 7.84. The summed E-state index contributed by atoms with van der Waals surface area (Å²) in [5, 5.41) is 14.7. The second-order valence-electron chi connectivity index (χ2n) is 4.60. The molecular weight excluding hydrogens is 314 g/mol. The summed E-state index contributed by atoms with van der Waals surface area (Å²) in [7, 11) is -1.24. The molecule has 21 heavy (non-hydrogen) atoms. The number of rotatable bonds is 6. The first kappa shape index (κ1) is 15.9. The van der Waals surface area contributed by atoms with Crippen molar-refractivity contribution in [2.75, 3.05) is 12.9 Å². The molecule has 1 heterocycles. The van der Waals surface area contributed by atoms with E-state index in [9.17, 15) is 9.32 Å². The maximum Gasteiger partial charge on any atom is 0.238 e. The van der Waals surface area contributed by atoms with Crippen LogP contribution in [0.25, 0.3) is 0 Å². The summed E-state index contributed by atoms with van der Waals surface area (Å²) in [6, 6.07) is 5.44. The number of halogens is 1. The van der Waals surface area contributed by atoms with Gasteiger partial charge in [-0.3, -0.25) is 4.21 Å². The quantitative estimate of drug-likeness (QED) is 0.867. The Balaban J connectivity index is 1.90.